The van der Waals surface area contributed by atoms with Crippen LogP contribution in [0.25, 0.3) is 0 Å². The van der Waals surface area contributed by atoms with E-state index < -0.39 is 11.9 Å². The van der Waals surface area contributed by atoms with Gasteiger partial charge in [-0.05, 0) is 73.7 Å². The van der Waals surface area contributed by atoms with Gasteiger partial charge in [0.1, 0.15) is 5.76 Å². The Labute approximate surface area is 183 Å². The van der Waals surface area contributed by atoms with Gasteiger partial charge < -0.3 is 4.42 Å². The molecule has 2 aromatic carbocycles. The van der Waals surface area contributed by atoms with Crippen LogP contribution in [0.15, 0.2) is 57.4 Å². The highest BCUT2D eigenvalue weighted by Gasteiger charge is 2.34. The molecule has 0 aliphatic rings. The summed E-state index contributed by atoms with van der Waals surface area (Å²) in [5.41, 5.74) is 6.10. The summed E-state index contributed by atoms with van der Waals surface area (Å²) >= 11 is 3.43. The van der Waals surface area contributed by atoms with Gasteiger partial charge >= 0.3 is 6.18 Å². The van der Waals surface area contributed by atoms with E-state index in [4.69, 9.17) is 4.42 Å². The van der Waals surface area contributed by atoms with E-state index in [1.54, 1.807) is 0 Å². The van der Waals surface area contributed by atoms with Gasteiger partial charge in [-0.2, -0.15) is 13.2 Å². The summed E-state index contributed by atoms with van der Waals surface area (Å²) in [5, 5.41) is 0. The molecule has 0 aliphatic heterocycles. The lowest BCUT2D eigenvalue weighted by atomic mass is 9.97. The van der Waals surface area contributed by atoms with Gasteiger partial charge in [0.2, 0.25) is 5.76 Å². The highest BCUT2D eigenvalue weighted by atomic mass is 79.9. The molecule has 0 radical (unpaired) electrons. The first kappa shape index (κ1) is 22.6. The lowest BCUT2D eigenvalue weighted by Crippen LogP contribution is -2.25. The van der Waals surface area contributed by atoms with E-state index in [1.165, 1.54) is 28.3 Å². The van der Waals surface area contributed by atoms with Gasteiger partial charge in [-0.25, -0.2) is 0 Å². The number of nitrogens with zero attached hydrogens (tertiary/aromatic N) is 1. The summed E-state index contributed by atoms with van der Waals surface area (Å²) in [5.74, 6) is -0.636. The Bertz CT molecular complexity index is 969. The number of benzene rings is 2. The van der Waals surface area contributed by atoms with Crippen molar-refractivity contribution in [1.29, 1.82) is 0 Å². The van der Waals surface area contributed by atoms with Crippen molar-refractivity contribution in [2.75, 3.05) is 6.54 Å². The van der Waals surface area contributed by atoms with Crippen LogP contribution in [-0.4, -0.2) is 11.4 Å². The molecule has 0 unspecified atom stereocenters. The molecule has 1 aromatic heterocycles. The first-order valence-corrected chi connectivity index (χ1v) is 10.6. The standard InChI is InChI=1S/C24H25BrF3NO/c1-16-12-17(2)22(18(3)13-16)10-11-29(14-19-4-6-20(25)7-5-19)15-21-8-9-23(30-21)24(26,27)28/h4-9,12-13H,10-11,14-15H2,1-3H3. The van der Waals surface area contributed by atoms with E-state index in [9.17, 15) is 13.2 Å². The topological polar surface area (TPSA) is 16.4 Å². The van der Waals surface area contributed by atoms with Crippen LogP contribution < -0.4 is 0 Å². The average Bonchev–Trinajstić information content (AvgIpc) is 3.11. The minimum Gasteiger partial charge on any atom is -0.455 e. The molecule has 30 heavy (non-hydrogen) atoms. The smallest absolute Gasteiger partial charge is 0.449 e. The molecule has 0 spiro atoms. The highest BCUT2D eigenvalue weighted by molar-refractivity contribution is 9.10. The number of aryl methyl sites for hydroxylation is 3. The molecule has 6 heteroatoms. The van der Waals surface area contributed by atoms with Crippen molar-refractivity contribution in [2.45, 2.75) is 46.5 Å². The molecule has 160 valence electrons. The molecule has 1 heterocycles. The van der Waals surface area contributed by atoms with Crippen LogP contribution in [0.1, 0.15) is 39.3 Å². The maximum Gasteiger partial charge on any atom is 0.449 e. The summed E-state index contributed by atoms with van der Waals surface area (Å²) < 4.78 is 44.8. The maximum atomic E-state index is 12.9. The SMILES string of the molecule is Cc1cc(C)c(CCN(Cc2ccc(Br)cc2)Cc2ccc(C(F)(F)F)o2)c(C)c1. The summed E-state index contributed by atoms with van der Waals surface area (Å²) in [6.45, 7) is 7.95. The van der Waals surface area contributed by atoms with E-state index in [0.29, 0.717) is 25.4 Å². The van der Waals surface area contributed by atoms with Crippen molar-refractivity contribution >= 4 is 15.9 Å². The quantitative estimate of drug-likeness (QED) is 0.355. The van der Waals surface area contributed by atoms with Crippen molar-refractivity contribution in [1.82, 2.24) is 4.90 Å². The number of halogens is 4. The summed E-state index contributed by atoms with van der Waals surface area (Å²) in [4.78, 5) is 2.13. The van der Waals surface area contributed by atoms with Crippen molar-refractivity contribution in [3.63, 3.8) is 0 Å². The predicted octanol–water partition coefficient (Wildman–Crippen LogP) is 7.23. The Hall–Kier alpha value is -2.05. The largest absolute Gasteiger partial charge is 0.455 e. The summed E-state index contributed by atoms with van der Waals surface area (Å²) in [7, 11) is 0. The van der Waals surface area contributed by atoms with Crippen LogP contribution >= 0.6 is 15.9 Å². The molecule has 0 bridgehead atoms. The van der Waals surface area contributed by atoms with Gasteiger partial charge in [0.15, 0.2) is 0 Å². The number of furan rings is 1. The third kappa shape index (κ3) is 5.99. The van der Waals surface area contributed by atoms with E-state index in [2.05, 4.69) is 53.7 Å². The van der Waals surface area contributed by atoms with Crippen molar-refractivity contribution in [3.05, 3.63) is 92.3 Å². The minimum atomic E-state index is -4.47. The zero-order valence-corrected chi connectivity index (χ0v) is 18.9. The van der Waals surface area contributed by atoms with Crippen molar-refractivity contribution in [2.24, 2.45) is 0 Å². The second-order valence-corrected chi connectivity index (χ2v) is 8.64. The Morgan fingerprint density at radius 1 is 0.900 bits per heavy atom. The second kappa shape index (κ2) is 9.40. The molecule has 0 N–H and O–H groups in total. The van der Waals surface area contributed by atoms with Gasteiger partial charge in [-0.3, -0.25) is 4.90 Å². The van der Waals surface area contributed by atoms with E-state index in [-0.39, 0.29) is 0 Å². The van der Waals surface area contributed by atoms with Crippen molar-refractivity contribution < 1.29 is 17.6 Å². The Balaban J connectivity index is 1.78. The monoisotopic (exact) mass is 479 g/mol. The van der Waals surface area contributed by atoms with Crippen LogP contribution in [-0.2, 0) is 25.7 Å². The number of alkyl halides is 3. The molecule has 0 atom stereocenters. The third-order valence-corrected chi connectivity index (χ3v) is 5.69. The molecule has 2 nitrogen and oxygen atoms in total. The van der Waals surface area contributed by atoms with Crippen LogP contribution in [0.2, 0.25) is 0 Å². The highest BCUT2D eigenvalue weighted by Crippen LogP contribution is 2.31. The lowest BCUT2D eigenvalue weighted by Gasteiger charge is -2.23. The van der Waals surface area contributed by atoms with E-state index in [1.807, 2.05) is 24.3 Å². The lowest BCUT2D eigenvalue weighted by molar-refractivity contribution is -0.153. The minimum absolute atomic E-state index is 0.316. The summed E-state index contributed by atoms with van der Waals surface area (Å²) in [6.07, 6.45) is -3.65. The Morgan fingerprint density at radius 3 is 2.10 bits per heavy atom. The average molecular weight is 480 g/mol. The van der Waals surface area contributed by atoms with Crippen LogP contribution in [0, 0.1) is 20.8 Å². The van der Waals surface area contributed by atoms with Crippen LogP contribution in [0.4, 0.5) is 13.2 Å². The van der Waals surface area contributed by atoms with Crippen LogP contribution in [0.3, 0.4) is 0 Å². The normalized spacial score (nSPS) is 12.0. The van der Waals surface area contributed by atoms with Gasteiger partial charge in [-0.1, -0.05) is 45.8 Å². The van der Waals surface area contributed by atoms with Gasteiger partial charge in [-0.15, -0.1) is 0 Å². The molecule has 0 fully saturated rings. The molecule has 0 amide bonds. The molecule has 0 aliphatic carbocycles. The second-order valence-electron chi connectivity index (χ2n) is 7.73. The third-order valence-electron chi connectivity index (χ3n) is 5.16. The van der Waals surface area contributed by atoms with Gasteiger partial charge in [0, 0.05) is 17.6 Å². The molecular formula is C24H25BrF3NO. The van der Waals surface area contributed by atoms with Crippen molar-refractivity contribution in [3.8, 4) is 0 Å². The first-order chi connectivity index (χ1) is 14.1. The fourth-order valence-corrected chi connectivity index (χ4v) is 4.04. The molecule has 3 aromatic rings. The first-order valence-electron chi connectivity index (χ1n) is 9.81. The summed E-state index contributed by atoms with van der Waals surface area (Å²) in [6, 6.07) is 14.7. The number of hydrogen-bond acceptors (Lipinski definition) is 2. The molecule has 3 rings (SSSR count). The van der Waals surface area contributed by atoms with Gasteiger partial charge in [0.25, 0.3) is 0 Å². The van der Waals surface area contributed by atoms with Crippen LogP contribution in [0.5, 0.6) is 0 Å². The zero-order valence-electron chi connectivity index (χ0n) is 17.3. The number of hydrogen-bond donors (Lipinski definition) is 0. The predicted molar refractivity (Wildman–Crippen MR) is 116 cm³/mol. The van der Waals surface area contributed by atoms with E-state index >= 15 is 0 Å². The number of rotatable bonds is 7. The molecule has 0 saturated carbocycles. The Morgan fingerprint density at radius 2 is 1.53 bits per heavy atom. The maximum absolute atomic E-state index is 12.9. The Kier molecular flexibility index (Phi) is 7.09. The molecule has 0 saturated heterocycles. The molecular weight excluding hydrogens is 455 g/mol. The fourth-order valence-electron chi connectivity index (χ4n) is 3.77. The zero-order chi connectivity index (χ0) is 21.9. The fraction of sp³-hybridized carbons (Fsp3) is 0.333. The van der Waals surface area contributed by atoms with E-state index in [0.717, 1.165) is 22.5 Å². The van der Waals surface area contributed by atoms with Gasteiger partial charge in [0.05, 0.1) is 6.54 Å².